The van der Waals surface area contributed by atoms with Crippen LogP contribution in [0, 0.1) is 0 Å². The molecule has 2 aliphatic rings. The Morgan fingerprint density at radius 1 is 1.09 bits per heavy atom. The first-order valence-corrected chi connectivity index (χ1v) is 8.44. The molecule has 4 heteroatoms. The van der Waals surface area contributed by atoms with Gasteiger partial charge in [-0.2, -0.15) is 0 Å². The first kappa shape index (κ1) is 15.8. The molecule has 2 aliphatic heterocycles. The van der Waals surface area contributed by atoms with Crippen molar-refractivity contribution in [2.24, 2.45) is 0 Å². The molecular formula is C18H27NO3. The van der Waals surface area contributed by atoms with Crippen molar-refractivity contribution < 1.29 is 14.2 Å². The molecule has 0 saturated carbocycles. The lowest BCUT2D eigenvalue weighted by Crippen LogP contribution is -2.36. The summed E-state index contributed by atoms with van der Waals surface area (Å²) in [5.41, 5.74) is 1.29. The van der Waals surface area contributed by atoms with Gasteiger partial charge in [-0.15, -0.1) is 0 Å². The van der Waals surface area contributed by atoms with Gasteiger partial charge < -0.3 is 19.5 Å². The molecule has 3 atom stereocenters. The second kappa shape index (κ2) is 7.44. The van der Waals surface area contributed by atoms with Crippen LogP contribution in [0.15, 0.2) is 24.3 Å². The van der Waals surface area contributed by atoms with Crippen LogP contribution in [0.1, 0.15) is 44.7 Å². The SMILES string of the molecule is C[C@H](N[C@H]1CCO[C@H]1C)c1ccc(OC2CCOCC2)cc1. The molecule has 0 radical (unpaired) electrons. The van der Waals surface area contributed by atoms with Crippen molar-refractivity contribution in [2.45, 2.75) is 57.4 Å². The molecule has 1 N–H and O–H groups in total. The minimum atomic E-state index is 0.298. The second-order valence-corrected chi connectivity index (χ2v) is 6.36. The Kier molecular flexibility index (Phi) is 5.34. The molecule has 0 amide bonds. The maximum atomic E-state index is 6.02. The summed E-state index contributed by atoms with van der Waals surface area (Å²) < 4.78 is 17.0. The van der Waals surface area contributed by atoms with Gasteiger partial charge in [0.2, 0.25) is 0 Å². The topological polar surface area (TPSA) is 39.7 Å². The van der Waals surface area contributed by atoms with Crippen molar-refractivity contribution in [1.82, 2.24) is 5.32 Å². The molecule has 0 unspecified atom stereocenters. The highest BCUT2D eigenvalue weighted by Gasteiger charge is 2.25. The van der Waals surface area contributed by atoms with Crippen LogP contribution < -0.4 is 10.1 Å². The summed E-state index contributed by atoms with van der Waals surface area (Å²) in [6.45, 7) is 6.84. The smallest absolute Gasteiger partial charge is 0.119 e. The summed E-state index contributed by atoms with van der Waals surface area (Å²) in [4.78, 5) is 0. The fraction of sp³-hybridized carbons (Fsp3) is 0.667. The van der Waals surface area contributed by atoms with Crippen molar-refractivity contribution in [1.29, 1.82) is 0 Å². The first-order valence-electron chi connectivity index (χ1n) is 8.44. The Balaban J connectivity index is 1.53. The quantitative estimate of drug-likeness (QED) is 0.907. The van der Waals surface area contributed by atoms with Crippen LogP contribution in [0.25, 0.3) is 0 Å². The van der Waals surface area contributed by atoms with E-state index in [0.717, 1.165) is 44.8 Å². The molecule has 2 saturated heterocycles. The Hall–Kier alpha value is -1.10. The highest BCUT2D eigenvalue weighted by molar-refractivity contribution is 5.29. The van der Waals surface area contributed by atoms with Crippen LogP contribution in [-0.2, 0) is 9.47 Å². The van der Waals surface area contributed by atoms with Gasteiger partial charge in [0.1, 0.15) is 11.9 Å². The zero-order valence-corrected chi connectivity index (χ0v) is 13.6. The predicted molar refractivity (Wildman–Crippen MR) is 86.3 cm³/mol. The first-order chi connectivity index (χ1) is 10.7. The van der Waals surface area contributed by atoms with Crippen molar-refractivity contribution in [3.8, 4) is 5.75 Å². The average molecular weight is 305 g/mol. The third-order valence-electron chi connectivity index (χ3n) is 4.69. The van der Waals surface area contributed by atoms with Gasteiger partial charge in [0.15, 0.2) is 0 Å². The highest BCUT2D eigenvalue weighted by atomic mass is 16.5. The van der Waals surface area contributed by atoms with E-state index >= 15 is 0 Å². The van der Waals surface area contributed by atoms with Gasteiger partial charge in [-0.3, -0.25) is 0 Å². The van der Waals surface area contributed by atoms with E-state index in [-0.39, 0.29) is 0 Å². The van der Waals surface area contributed by atoms with Crippen molar-refractivity contribution >= 4 is 0 Å². The standard InChI is InChI=1S/C18H27NO3/c1-13(19-18-9-12-21-14(18)2)15-3-5-16(6-4-15)22-17-7-10-20-11-8-17/h3-6,13-14,17-19H,7-12H2,1-2H3/t13-,14-,18-/m0/s1. The van der Waals surface area contributed by atoms with Crippen LogP contribution in [0.5, 0.6) is 5.75 Å². The van der Waals surface area contributed by atoms with Gasteiger partial charge in [-0.1, -0.05) is 12.1 Å². The fourth-order valence-corrected chi connectivity index (χ4v) is 3.19. The van der Waals surface area contributed by atoms with E-state index in [1.165, 1.54) is 5.56 Å². The zero-order chi connectivity index (χ0) is 15.4. The van der Waals surface area contributed by atoms with Crippen LogP contribution in [0.3, 0.4) is 0 Å². The second-order valence-electron chi connectivity index (χ2n) is 6.36. The molecule has 2 fully saturated rings. The van der Waals surface area contributed by atoms with Gasteiger partial charge in [0, 0.05) is 31.5 Å². The Labute approximate surface area is 133 Å². The highest BCUT2D eigenvalue weighted by Crippen LogP contribution is 2.23. The normalized spacial score (nSPS) is 27.7. The van der Waals surface area contributed by atoms with Gasteiger partial charge in [-0.25, -0.2) is 0 Å². The van der Waals surface area contributed by atoms with Gasteiger partial charge in [0.25, 0.3) is 0 Å². The number of ether oxygens (including phenoxy) is 3. The summed E-state index contributed by atoms with van der Waals surface area (Å²) in [6.07, 6.45) is 3.67. The lowest BCUT2D eigenvalue weighted by molar-refractivity contribution is 0.0255. The molecule has 2 heterocycles. The summed E-state index contributed by atoms with van der Waals surface area (Å²) in [6, 6.07) is 9.26. The van der Waals surface area contributed by atoms with E-state index in [1.807, 2.05) is 0 Å². The molecule has 4 nitrogen and oxygen atoms in total. The monoisotopic (exact) mass is 305 g/mol. The van der Waals surface area contributed by atoms with Gasteiger partial charge >= 0.3 is 0 Å². The minimum absolute atomic E-state index is 0.298. The molecular weight excluding hydrogens is 278 g/mol. The number of rotatable bonds is 5. The molecule has 122 valence electrons. The molecule has 1 aromatic rings. The number of benzene rings is 1. The molecule has 0 spiro atoms. The lowest BCUT2D eigenvalue weighted by Gasteiger charge is -2.24. The third kappa shape index (κ3) is 4.00. The van der Waals surface area contributed by atoms with Crippen LogP contribution in [0.4, 0.5) is 0 Å². The zero-order valence-electron chi connectivity index (χ0n) is 13.6. The number of hydrogen-bond donors (Lipinski definition) is 1. The minimum Gasteiger partial charge on any atom is -0.490 e. The maximum absolute atomic E-state index is 6.02. The maximum Gasteiger partial charge on any atom is 0.119 e. The molecule has 0 bridgehead atoms. The molecule has 3 rings (SSSR count). The molecule has 0 aliphatic carbocycles. The molecule has 0 aromatic heterocycles. The Morgan fingerprint density at radius 3 is 2.45 bits per heavy atom. The van der Waals surface area contributed by atoms with Crippen molar-refractivity contribution in [3.63, 3.8) is 0 Å². The average Bonchev–Trinajstić information content (AvgIpc) is 2.94. The van der Waals surface area contributed by atoms with Crippen LogP contribution in [-0.4, -0.2) is 38.1 Å². The van der Waals surface area contributed by atoms with Crippen molar-refractivity contribution in [2.75, 3.05) is 19.8 Å². The van der Waals surface area contributed by atoms with E-state index < -0.39 is 0 Å². The van der Waals surface area contributed by atoms with Gasteiger partial charge in [-0.05, 0) is 38.0 Å². The molecule has 22 heavy (non-hydrogen) atoms. The van der Waals surface area contributed by atoms with E-state index in [9.17, 15) is 0 Å². The summed E-state index contributed by atoms with van der Waals surface area (Å²) in [5, 5.41) is 3.66. The number of nitrogens with one attached hydrogen (secondary N) is 1. The number of hydrogen-bond acceptors (Lipinski definition) is 4. The van der Waals surface area contributed by atoms with E-state index in [4.69, 9.17) is 14.2 Å². The lowest BCUT2D eigenvalue weighted by atomic mass is 10.1. The fourth-order valence-electron chi connectivity index (χ4n) is 3.19. The van der Waals surface area contributed by atoms with Crippen molar-refractivity contribution in [3.05, 3.63) is 29.8 Å². The summed E-state index contributed by atoms with van der Waals surface area (Å²) >= 11 is 0. The van der Waals surface area contributed by atoms with E-state index in [1.54, 1.807) is 0 Å². The van der Waals surface area contributed by atoms with E-state index in [0.29, 0.717) is 24.3 Å². The summed E-state index contributed by atoms with van der Waals surface area (Å²) in [7, 11) is 0. The molecule has 1 aromatic carbocycles. The summed E-state index contributed by atoms with van der Waals surface area (Å²) in [5.74, 6) is 0.959. The van der Waals surface area contributed by atoms with Gasteiger partial charge in [0.05, 0.1) is 19.3 Å². The Bertz CT molecular complexity index is 456. The third-order valence-corrected chi connectivity index (χ3v) is 4.69. The largest absolute Gasteiger partial charge is 0.490 e. The van der Waals surface area contributed by atoms with Crippen LogP contribution >= 0.6 is 0 Å². The van der Waals surface area contributed by atoms with Crippen LogP contribution in [0.2, 0.25) is 0 Å². The van der Waals surface area contributed by atoms with E-state index in [2.05, 4.69) is 43.4 Å². The Morgan fingerprint density at radius 2 is 1.82 bits per heavy atom. The predicted octanol–water partition coefficient (Wildman–Crippen LogP) is 3.07.